The van der Waals surface area contributed by atoms with Crippen molar-refractivity contribution in [2.45, 2.75) is 6.92 Å². The minimum absolute atomic E-state index is 0.235. The lowest BCUT2D eigenvalue weighted by Gasteiger charge is -2.01. The number of rotatable bonds is 2. The number of hydrogen-bond donors (Lipinski definition) is 0. The lowest BCUT2D eigenvalue weighted by Crippen LogP contribution is -2.08. The molecule has 0 aromatic carbocycles. The molecule has 0 aliphatic heterocycles. The van der Waals surface area contributed by atoms with Gasteiger partial charge in [0, 0.05) is 5.56 Å². The van der Waals surface area contributed by atoms with Crippen LogP contribution in [0.15, 0.2) is 12.5 Å². The number of ether oxygens (including phenoxy) is 2. The van der Waals surface area contributed by atoms with E-state index in [-0.39, 0.29) is 5.69 Å². The number of hydrogen-bond acceptors (Lipinski definition) is 5. The molecular weight excluding hydrogens is 210 g/mol. The van der Waals surface area contributed by atoms with Crippen LogP contribution in [0.1, 0.15) is 16.1 Å². The van der Waals surface area contributed by atoms with Crippen molar-refractivity contribution in [3.63, 3.8) is 0 Å². The lowest BCUT2D eigenvalue weighted by molar-refractivity contribution is 0.0595. The second kappa shape index (κ2) is 3.80. The minimum atomic E-state index is -0.490. The van der Waals surface area contributed by atoms with Crippen LogP contribution in [0.2, 0.25) is 0 Å². The molecule has 2 heterocycles. The lowest BCUT2D eigenvalue weighted by atomic mass is 10.2. The van der Waals surface area contributed by atoms with Crippen LogP contribution < -0.4 is 4.74 Å². The number of carbonyl (C=O) groups excluding carboxylic acids is 1. The van der Waals surface area contributed by atoms with Crippen LogP contribution in [0.25, 0.3) is 5.52 Å². The topological polar surface area (TPSA) is 65.7 Å². The molecule has 6 heteroatoms. The fraction of sp³-hybridized carbons (Fsp3) is 0.300. The van der Waals surface area contributed by atoms with Crippen LogP contribution in [0.4, 0.5) is 0 Å². The maximum absolute atomic E-state index is 11.5. The first-order valence-electron chi connectivity index (χ1n) is 4.64. The Kier molecular flexibility index (Phi) is 2.47. The molecule has 0 saturated heterocycles. The molecule has 2 aromatic heterocycles. The summed E-state index contributed by atoms with van der Waals surface area (Å²) in [5.41, 5.74) is 1.65. The van der Waals surface area contributed by atoms with E-state index in [2.05, 4.69) is 14.8 Å². The highest BCUT2D eigenvalue weighted by atomic mass is 16.5. The molecule has 0 unspecified atom stereocenters. The van der Waals surface area contributed by atoms with E-state index < -0.39 is 5.97 Å². The number of aryl methyl sites for hydroxylation is 1. The number of nitrogens with zero attached hydrogens (tertiary/aromatic N) is 3. The Morgan fingerprint density at radius 3 is 2.81 bits per heavy atom. The van der Waals surface area contributed by atoms with Crippen molar-refractivity contribution in [3.05, 3.63) is 23.8 Å². The van der Waals surface area contributed by atoms with Gasteiger partial charge in [0.05, 0.1) is 20.4 Å². The highest BCUT2D eigenvalue weighted by molar-refractivity contribution is 5.96. The average molecular weight is 221 g/mol. The Morgan fingerprint density at radius 2 is 2.19 bits per heavy atom. The third-order valence-electron chi connectivity index (χ3n) is 2.38. The van der Waals surface area contributed by atoms with Gasteiger partial charge in [0.2, 0.25) is 0 Å². The Bertz CT molecular complexity index is 547. The Hall–Kier alpha value is -2.11. The average Bonchev–Trinajstić information content (AvgIpc) is 2.65. The quantitative estimate of drug-likeness (QED) is 0.703. The van der Waals surface area contributed by atoms with Crippen LogP contribution in [0.5, 0.6) is 5.75 Å². The fourth-order valence-electron chi connectivity index (χ4n) is 1.59. The smallest absolute Gasteiger partial charge is 0.358 e. The van der Waals surface area contributed by atoms with Gasteiger partial charge < -0.3 is 9.47 Å². The first kappa shape index (κ1) is 10.4. The molecule has 0 N–H and O–H groups in total. The van der Waals surface area contributed by atoms with Crippen LogP contribution >= 0.6 is 0 Å². The molecule has 0 amide bonds. The zero-order chi connectivity index (χ0) is 11.7. The van der Waals surface area contributed by atoms with E-state index in [0.717, 1.165) is 5.56 Å². The highest BCUT2D eigenvalue weighted by Gasteiger charge is 2.18. The predicted molar refractivity (Wildman–Crippen MR) is 55.6 cm³/mol. The molecule has 0 saturated carbocycles. The van der Waals surface area contributed by atoms with Crippen molar-refractivity contribution < 1.29 is 14.3 Å². The van der Waals surface area contributed by atoms with E-state index in [1.54, 1.807) is 17.8 Å². The fourth-order valence-corrected chi connectivity index (χ4v) is 1.59. The van der Waals surface area contributed by atoms with Crippen LogP contribution in [0, 0.1) is 6.92 Å². The molecule has 0 fully saturated rings. The summed E-state index contributed by atoms with van der Waals surface area (Å²) >= 11 is 0. The van der Waals surface area contributed by atoms with Crippen LogP contribution in [0.3, 0.4) is 0 Å². The molecule has 16 heavy (non-hydrogen) atoms. The number of fused-ring (bicyclic) bond motifs is 1. The van der Waals surface area contributed by atoms with E-state index >= 15 is 0 Å². The summed E-state index contributed by atoms with van der Waals surface area (Å²) in [6, 6.07) is 0. The van der Waals surface area contributed by atoms with Gasteiger partial charge in [-0.25, -0.2) is 14.3 Å². The number of aromatic nitrogens is 3. The second-order valence-electron chi connectivity index (χ2n) is 3.22. The SMILES string of the molecule is COC(=O)c1ncnn2cc(OC)c(C)c12. The molecule has 0 bridgehead atoms. The molecule has 0 radical (unpaired) electrons. The van der Waals surface area contributed by atoms with Gasteiger partial charge in [0.15, 0.2) is 5.69 Å². The summed E-state index contributed by atoms with van der Waals surface area (Å²) in [7, 11) is 2.88. The molecule has 0 atom stereocenters. The van der Waals surface area contributed by atoms with Gasteiger partial charge in [0.1, 0.15) is 17.6 Å². The Labute approximate surface area is 91.8 Å². The third kappa shape index (κ3) is 1.39. The van der Waals surface area contributed by atoms with E-state index in [1.165, 1.54) is 13.4 Å². The summed E-state index contributed by atoms with van der Waals surface area (Å²) in [6.45, 7) is 1.84. The summed E-state index contributed by atoms with van der Waals surface area (Å²) in [5.74, 6) is 0.168. The van der Waals surface area contributed by atoms with E-state index in [9.17, 15) is 4.79 Å². The molecule has 84 valence electrons. The Balaban J connectivity index is 2.75. The first-order chi connectivity index (χ1) is 7.69. The van der Waals surface area contributed by atoms with Gasteiger partial charge in [-0.2, -0.15) is 5.10 Å². The molecular formula is C10H11N3O3. The molecule has 0 aliphatic rings. The second-order valence-corrected chi connectivity index (χ2v) is 3.22. The zero-order valence-electron chi connectivity index (χ0n) is 9.22. The largest absolute Gasteiger partial charge is 0.495 e. The van der Waals surface area contributed by atoms with Gasteiger partial charge in [-0.1, -0.05) is 0 Å². The van der Waals surface area contributed by atoms with Gasteiger partial charge in [0.25, 0.3) is 0 Å². The Morgan fingerprint density at radius 1 is 1.44 bits per heavy atom. The molecule has 0 aliphatic carbocycles. The van der Waals surface area contributed by atoms with Gasteiger partial charge >= 0.3 is 5.97 Å². The third-order valence-corrected chi connectivity index (χ3v) is 2.38. The normalized spacial score (nSPS) is 10.4. The van der Waals surface area contributed by atoms with Crippen molar-refractivity contribution in [1.29, 1.82) is 0 Å². The van der Waals surface area contributed by atoms with Crippen LogP contribution in [-0.4, -0.2) is 34.8 Å². The van der Waals surface area contributed by atoms with Gasteiger partial charge in [-0.15, -0.1) is 0 Å². The summed E-state index contributed by atoms with van der Waals surface area (Å²) in [6.07, 6.45) is 3.00. The summed E-state index contributed by atoms with van der Waals surface area (Å²) < 4.78 is 11.4. The number of esters is 1. The van der Waals surface area contributed by atoms with Crippen molar-refractivity contribution in [2.24, 2.45) is 0 Å². The molecule has 2 aromatic rings. The summed E-state index contributed by atoms with van der Waals surface area (Å²) in [4.78, 5) is 15.4. The van der Waals surface area contributed by atoms with Gasteiger partial charge in [-0.3, -0.25) is 0 Å². The standard InChI is InChI=1S/C10H11N3O3/c1-6-7(15-2)4-13-9(6)8(10(14)16-3)11-5-12-13/h4-5H,1-3H3. The monoisotopic (exact) mass is 221 g/mol. The van der Waals surface area contributed by atoms with Gasteiger partial charge in [-0.05, 0) is 6.92 Å². The highest BCUT2D eigenvalue weighted by Crippen LogP contribution is 2.25. The molecule has 0 spiro atoms. The van der Waals surface area contributed by atoms with Crippen molar-refractivity contribution in [3.8, 4) is 5.75 Å². The van der Waals surface area contributed by atoms with Crippen molar-refractivity contribution in [2.75, 3.05) is 14.2 Å². The molecule has 6 nitrogen and oxygen atoms in total. The van der Waals surface area contributed by atoms with Crippen LogP contribution in [-0.2, 0) is 4.74 Å². The summed E-state index contributed by atoms with van der Waals surface area (Å²) in [5, 5.41) is 4.01. The maximum atomic E-state index is 11.5. The maximum Gasteiger partial charge on any atom is 0.358 e. The number of carbonyl (C=O) groups is 1. The first-order valence-corrected chi connectivity index (χ1v) is 4.64. The minimum Gasteiger partial charge on any atom is -0.495 e. The predicted octanol–water partition coefficient (Wildman–Crippen LogP) is 0.833. The van der Waals surface area contributed by atoms with E-state index in [4.69, 9.17) is 4.74 Å². The van der Waals surface area contributed by atoms with Crippen molar-refractivity contribution >= 4 is 11.5 Å². The van der Waals surface area contributed by atoms with E-state index in [0.29, 0.717) is 11.3 Å². The zero-order valence-corrected chi connectivity index (χ0v) is 9.22. The van der Waals surface area contributed by atoms with Crippen molar-refractivity contribution in [1.82, 2.24) is 14.6 Å². The number of methoxy groups -OCH3 is 2. The van der Waals surface area contributed by atoms with E-state index in [1.807, 2.05) is 6.92 Å². The molecule has 2 rings (SSSR count).